The van der Waals surface area contributed by atoms with E-state index in [2.05, 4.69) is 102 Å². The second kappa shape index (κ2) is 12.1. The van der Waals surface area contributed by atoms with E-state index in [1.54, 1.807) is 0 Å². The van der Waals surface area contributed by atoms with Crippen LogP contribution in [-0.4, -0.2) is 24.5 Å². The summed E-state index contributed by atoms with van der Waals surface area (Å²) < 4.78 is 2.36. The highest BCUT2D eigenvalue weighted by atomic mass is 15.0. The van der Waals surface area contributed by atoms with Crippen LogP contribution < -0.4 is 0 Å². The highest BCUT2D eigenvalue weighted by molar-refractivity contribution is 6.14. The van der Waals surface area contributed by atoms with Gasteiger partial charge in [0.2, 0.25) is 0 Å². The van der Waals surface area contributed by atoms with Gasteiger partial charge in [-0.15, -0.1) is 0 Å². The van der Waals surface area contributed by atoms with E-state index in [4.69, 9.17) is 19.9 Å². The third-order valence-electron chi connectivity index (χ3n) is 8.92. The maximum Gasteiger partial charge on any atom is 0.164 e. The number of pyridine rings is 1. The Balaban J connectivity index is 1.21. The molecular formula is C44H29N5. The smallest absolute Gasteiger partial charge is 0.164 e. The Hall–Kier alpha value is -6.72. The molecule has 0 atom stereocenters. The predicted molar refractivity (Wildman–Crippen MR) is 199 cm³/mol. The van der Waals surface area contributed by atoms with Crippen molar-refractivity contribution in [3.05, 3.63) is 176 Å². The zero-order valence-corrected chi connectivity index (χ0v) is 26.5. The summed E-state index contributed by atoms with van der Waals surface area (Å²) in [5, 5.41) is 2.25. The highest BCUT2D eigenvalue weighted by Crippen LogP contribution is 2.39. The molecule has 0 spiro atoms. The molecule has 0 saturated heterocycles. The fraction of sp³-hybridized carbons (Fsp3) is 0. The van der Waals surface area contributed by atoms with Gasteiger partial charge >= 0.3 is 0 Å². The lowest BCUT2D eigenvalue weighted by Crippen LogP contribution is -2.00. The number of nitrogens with zero attached hydrogens (tertiary/aromatic N) is 5. The van der Waals surface area contributed by atoms with E-state index in [1.807, 2.05) is 79.1 Å². The van der Waals surface area contributed by atoms with Crippen LogP contribution in [-0.2, 0) is 0 Å². The number of hydrogen-bond acceptors (Lipinski definition) is 4. The molecule has 9 aromatic rings. The first-order valence-electron chi connectivity index (χ1n) is 16.3. The summed E-state index contributed by atoms with van der Waals surface area (Å²) in [4.78, 5) is 19.5. The molecule has 0 aliphatic heterocycles. The van der Waals surface area contributed by atoms with Gasteiger partial charge in [-0.1, -0.05) is 133 Å². The SMILES string of the molecule is c1ccc(-c2nc(-c3ccccc3)nc(-c3cccc(-c4ccc5c(c4)c4cncc(-c6ccccc6)c4n5-c4ccccc4)c3)n2)cc1. The van der Waals surface area contributed by atoms with Gasteiger partial charge in [-0.25, -0.2) is 15.0 Å². The highest BCUT2D eigenvalue weighted by Gasteiger charge is 2.18. The predicted octanol–water partition coefficient (Wildman–Crippen LogP) is 10.7. The van der Waals surface area contributed by atoms with Gasteiger partial charge in [0.1, 0.15) is 0 Å². The third kappa shape index (κ3) is 5.24. The molecule has 0 fully saturated rings. The van der Waals surface area contributed by atoms with Crippen molar-refractivity contribution >= 4 is 21.8 Å². The molecule has 0 amide bonds. The number of para-hydroxylation sites is 1. The average molecular weight is 628 g/mol. The van der Waals surface area contributed by atoms with Crippen molar-refractivity contribution in [2.75, 3.05) is 0 Å². The summed E-state index contributed by atoms with van der Waals surface area (Å²) in [7, 11) is 0. The number of rotatable bonds is 6. The van der Waals surface area contributed by atoms with Gasteiger partial charge in [0.15, 0.2) is 17.5 Å². The van der Waals surface area contributed by atoms with Crippen molar-refractivity contribution < 1.29 is 0 Å². The van der Waals surface area contributed by atoms with Crippen LogP contribution in [0, 0.1) is 0 Å². The molecule has 0 aliphatic rings. The molecule has 0 unspecified atom stereocenters. The minimum Gasteiger partial charge on any atom is -0.309 e. The first-order chi connectivity index (χ1) is 24.3. The van der Waals surface area contributed by atoms with Crippen LogP contribution in [0.1, 0.15) is 0 Å². The zero-order chi connectivity index (χ0) is 32.6. The van der Waals surface area contributed by atoms with Crippen LogP contribution in [0.15, 0.2) is 176 Å². The van der Waals surface area contributed by atoms with Gasteiger partial charge in [0.25, 0.3) is 0 Å². The van der Waals surface area contributed by atoms with Crippen molar-refractivity contribution in [1.82, 2.24) is 24.5 Å². The Labute approximate surface area is 283 Å². The summed E-state index contributed by atoms with van der Waals surface area (Å²) >= 11 is 0. The average Bonchev–Trinajstić information content (AvgIpc) is 3.53. The van der Waals surface area contributed by atoms with Gasteiger partial charge in [0.05, 0.1) is 11.0 Å². The summed E-state index contributed by atoms with van der Waals surface area (Å²) in [6.45, 7) is 0. The largest absolute Gasteiger partial charge is 0.309 e. The van der Waals surface area contributed by atoms with Gasteiger partial charge in [-0.2, -0.15) is 0 Å². The van der Waals surface area contributed by atoms with E-state index in [-0.39, 0.29) is 0 Å². The summed E-state index contributed by atoms with van der Waals surface area (Å²) in [6.07, 6.45) is 3.97. The molecule has 0 N–H and O–H groups in total. The minimum absolute atomic E-state index is 0.632. The summed E-state index contributed by atoms with van der Waals surface area (Å²) in [5.74, 6) is 1.92. The lowest BCUT2D eigenvalue weighted by molar-refractivity contribution is 1.07. The Kier molecular flexibility index (Phi) is 7.06. The molecular weight excluding hydrogens is 599 g/mol. The van der Waals surface area contributed by atoms with Gasteiger partial charge in [0, 0.05) is 51.1 Å². The second-order valence-corrected chi connectivity index (χ2v) is 12.0. The number of fused-ring (bicyclic) bond motifs is 3. The Morgan fingerprint density at radius 3 is 1.51 bits per heavy atom. The first kappa shape index (κ1) is 28.5. The van der Waals surface area contributed by atoms with Crippen molar-refractivity contribution in [2.24, 2.45) is 0 Å². The molecule has 230 valence electrons. The molecule has 0 saturated carbocycles. The van der Waals surface area contributed by atoms with Crippen molar-refractivity contribution in [2.45, 2.75) is 0 Å². The van der Waals surface area contributed by atoms with Crippen LogP contribution >= 0.6 is 0 Å². The van der Waals surface area contributed by atoms with E-state index >= 15 is 0 Å². The van der Waals surface area contributed by atoms with E-state index in [9.17, 15) is 0 Å². The zero-order valence-electron chi connectivity index (χ0n) is 26.5. The third-order valence-corrected chi connectivity index (χ3v) is 8.92. The van der Waals surface area contributed by atoms with Crippen molar-refractivity contribution in [1.29, 1.82) is 0 Å². The topological polar surface area (TPSA) is 56.5 Å². The molecule has 3 aromatic heterocycles. The van der Waals surface area contributed by atoms with Gasteiger partial charge in [-0.05, 0) is 47.0 Å². The molecule has 0 aliphatic carbocycles. The Morgan fingerprint density at radius 2 is 0.878 bits per heavy atom. The lowest BCUT2D eigenvalue weighted by atomic mass is 10.00. The molecule has 5 nitrogen and oxygen atoms in total. The van der Waals surface area contributed by atoms with Crippen LogP contribution in [0.25, 0.3) is 83.9 Å². The molecule has 9 rings (SSSR count). The van der Waals surface area contributed by atoms with E-state index in [1.165, 1.54) is 0 Å². The fourth-order valence-corrected chi connectivity index (χ4v) is 6.59. The number of benzene rings is 6. The lowest BCUT2D eigenvalue weighted by Gasteiger charge is -2.11. The van der Waals surface area contributed by atoms with Crippen LogP contribution in [0.2, 0.25) is 0 Å². The summed E-state index contributed by atoms with van der Waals surface area (Å²) in [6, 6.07) is 56.4. The fourth-order valence-electron chi connectivity index (χ4n) is 6.59. The second-order valence-electron chi connectivity index (χ2n) is 12.0. The first-order valence-corrected chi connectivity index (χ1v) is 16.3. The molecule has 3 heterocycles. The van der Waals surface area contributed by atoms with Crippen molar-refractivity contribution in [3.8, 4) is 62.1 Å². The Bertz CT molecular complexity index is 2520. The van der Waals surface area contributed by atoms with E-state index < -0.39 is 0 Å². The van der Waals surface area contributed by atoms with E-state index in [0.29, 0.717) is 17.5 Å². The quantitative estimate of drug-likeness (QED) is 0.184. The molecule has 5 heteroatoms. The molecule has 49 heavy (non-hydrogen) atoms. The van der Waals surface area contributed by atoms with Crippen molar-refractivity contribution in [3.63, 3.8) is 0 Å². The monoisotopic (exact) mass is 627 g/mol. The molecule has 0 radical (unpaired) electrons. The number of hydrogen-bond donors (Lipinski definition) is 0. The van der Waals surface area contributed by atoms with E-state index in [0.717, 1.165) is 66.4 Å². The minimum atomic E-state index is 0.632. The maximum atomic E-state index is 4.97. The van der Waals surface area contributed by atoms with Gasteiger partial charge in [-0.3, -0.25) is 4.98 Å². The maximum absolute atomic E-state index is 4.97. The standard InChI is InChI=1S/C44H29N5/c1-5-14-30(15-6-1)38-28-45-29-39-37-27-34(24-25-40(37)49(41(38)39)36-22-11-4-12-23-36)33-20-13-21-35(26-33)44-47-42(31-16-7-2-8-17-31)46-43(48-44)32-18-9-3-10-19-32/h1-29H. The number of aromatic nitrogens is 5. The van der Waals surface area contributed by atoms with Gasteiger partial charge < -0.3 is 4.57 Å². The van der Waals surface area contributed by atoms with Crippen LogP contribution in [0.4, 0.5) is 0 Å². The molecule has 0 bridgehead atoms. The Morgan fingerprint density at radius 1 is 0.367 bits per heavy atom. The normalized spacial score (nSPS) is 11.3. The van der Waals surface area contributed by atoms with Crippen LogP contribution in [0.5, 0.6) is 0 Å². The van der Waals surface area contributed by atoms with Crippen LogP contribution in [0.3, 0.4) is 0 Å². The molecule has 6 aromatic carbocycles. The summed E-state index contributed by atoms with van der Waals surface area (Å²) in [5.41, 5.74) is 10.6.